The van der Waals surface area contributed by atoms with Crippen LogP contribution in [0.4, 0.5) is 4.79 Å². The molecule has 6 nitrogen and oxygen atoms in total. The first-order valence-corrected chi connectivity index (χ1v) is 7.81. The van der Waals surface area contributed by atoms with E-state index in [0.717, 1.165) is 5.01 Å². The summed E-state index contributed by atoms with van der Waals surface area (Å²) in [6, 6.07) is 0. The number of carbonyl (C=O) groups is 2. The summed E-state index contributed by atoms with van der Waals surface area (Å²) in [4.78, 5) is 28.7. The van der Waals surface area contributed by atoms with Crippen molar-refractivity contribution >= 4 is 23.4 Å². The fraction of sp³-hybridized carbons (Fsp3) is 0.643. The molecule has 7 heteroatoms. The van der Waals surface area contributed by atoms with Gasteiger partial charge in [0, 0.05) is 24.4 Å². The molecule has 21 heavy (non-hydrogen) atoms. The Balaban J connectivity index is 1.58. The quantitative estimate of drug-likeness (QED) is 0.907. The van der Waals surface area contributed by atoms with Crippen molar-refractivity contribution in [2.75, 3.05) is 13.1 Å². The van der Waals surface area contributed by atoms with Crippen LogP contribution in [0.1, 0.15) is 42.2 Å². The molecule has 0 aromatic carbocycles. The molecule has 1 saturated carbocycles. The summed E-state index contributed by atoms with van der Waals surface area (Å²) in [5.74, 6) is 0.108. The molecule has 1 amide bonds. The lowest BCUT2D eigenvalue weighted by atomic mass is 10.2. The molecule has 2 heterocycles. The van der Waals surface area contributed by atoms with Crippen molar-refractivity contribution in [2.24, 2.45) is 11.8 Å². The fourth-order valence-corrected chi connectivity index (χ4v) is 3.95. The van der Waals surface area contributed by atoms with Crippen molar-refractivity contribution in [3.05, 3.63) is 16.1 Å². The van der Waals surface area contributed by atoms with Gasteiger partial charge in [0.15, 0.2) is 5.69 Å². The van der Waals surface area contributed by atoms with Gasteiger partial charge in [-0.3, -0.25) is 0 Å². The van der Waals surface area contributed by atoms with Crippen molar-refractivity contribution in [1.29, 1.82) is 0 Å². The molecule has 1 saturated heterocycles. The number of thiazole rings is 1. The molecule has 0 radical (unpaired) electrons. The lowest BCUT2D eigenvalue weighted by molar-refractivity contribution is 0.0271. The van der Waals surface area contributed by atoms with Crippen LogP contribution in [0, 0.1) is 11.8 Å². The van der Waals surface area contributed by atoms with Gasteiger partial charge in [-0.15, -0.1) is 11.3 Å². The van der Waals surface area contributed by atoms with Crippen LogP contribution in [-0.4, -0.2) is 45.7 Å². The van der Waals surface area contributed by atoms with Crippen LogP contribution in [0.3, 0.4) is 0 Å². The number of amides is 1. The molecule has 3 rings (SSSR count). The van der Waals surface area contributed by atoms with E-state index in [9.17, 15) is 9.59 Å². The molecule has 0 spiro atoms. The van der Waals surface area contributed by atoms with Gasteiger partial charge in [-0.25, -0.2) is 14.6 Å². The Hall–Kier alpha value is -1.63. The van der Waals surface area contributed by atoms with Crippen LogP contribution in [0.2, 0.25) is 0 Å². The number of fused-ring (bicyclic) bond motifs is 1. The molecule has 114 valence electrons. The zero-order chi connectivity index (χ0) is 15.4. The van der Waals surface area contributed by atoms with Gasteiger partial charge in [-0.2, -0.15) is 0 Å². The highest BCUT2D eigenvalue weighted by atomic mass is 32.1. The second kappa shape index (κ2) is 4.69. The summed E-state index contributed by atoms with van der Waals surface area (Å²) < 4.78 is 5.36. The molecule has 2 fully saturated rings. The summed E-state index contributed by atoms with van der Waals surface area (Å²) in [6.07, 6.45) is -0.265. The zero-order valence-electron chi connectivity index (χ0n) is 12.2. The van der Waals surface area contributed by atoms with E-state index in [4.69, 9.17) is 9.84 Å². The van der Waals surface area contributed by atoms with Crippen LogP contribution in [0.15, 0.2) is 5.38 Å². The number of rotatable bonds is 2. The second-order valence-electron chi connectivity index (χ2n) is 6.61. The minimum atomic E-state index is -0.987. The van der Waals surface area contributed by atoms with Crippen LogP contribution < -0.4 is 0 Å². The molecule has 0 bridgehead atoms. The van der Waals surface area contributed by atoms with Crippen LogP contribution in [0.5, 0.6) is 0 Å². The molecular weight excluding hydrogens is 292 g/mol. The molecule has 2 unspecified atom stereocenters. The number of hydrogen-bond acceptors (Lipinski definition) is 5. The predicted octanol–water partition coefficient (Wildman–Crippen LogP) is 2.42. The highest BCUT2D eigenvalue weighted by Gasteiger charge is 2.59. The standard InChI is InChI=1S/C14H18N2O4S/c1-14(2,3)20-13(19)16-4-7-8(5-16)10(7)11-15-9(6-21-11)12(17)18/h6-8,10H,4-5H2,1-3H3,(H,17,18). The molecule has 2 aliphatic rings. The van der Waals surface area contributed by atoms with Gasteiger partial charge >= 0.3 is 12.1 Å². The molecule has 2 atom stereocenters. The zero-order valence-corrected chi connectivity index (χ0v) is 13.0. The lowest BCUT2D eigenvalue weighted by Crippen LogP contribution is -2.36. The van der Waals surface area contributed by atoms with E-state index in [2.05, 4.69) is 4.98 Å². The van der Waals surface area contributed by atoms with E-state index in [1.165, 1.54) is 11.3 Å². The van der Waals surface area contributed by atoms with E-state index in [0.29, 0.717) is 30.8 Å². The SMILES string of the molecule is CC(C)(C)OC(=O)N1CC2C(C1)C2c1nc(C(=O)O)cs1. The van der Waals surface area contributed by atoms with Crippen LogP contribution >= 0.6 is 11.3 Å². The molecule has 1 aliphatic heterocycles. The number of carboxylic acid groups (broad SMARTS) is 1. The number of carbonyl (C=O) groups excluding carboxylic acids is 1. The first-order valence-electron chi connectivity index (χ1n) is 6.93. The normalized spacial score (nSPS) is 27.4. The minimum absolute atomic E-state index is 0.115. The summed E-state index contributed by atoms with van der Waals surface area (Å²) in [6.45, 7) is 6.91. The number of likely N-dealkylation sites (tertiary alicyclic amines) is 1. The Morgan fingerprint density at radius 3 is 2.48 bits per heavy atom. The average molecular weight is 310 g/mol. The van der Waals surface area contributed by atoms with Crippen LogP contribution in [-0.2, 0) is 4.74 Å². The fourth-order valence-electron chi connectivity index (χ4n) is 2.91. The monoisotopic (exact) mass is 310 g/mol. The molecular formula is C14H18N2O4S. The van der Waals surface area contributed by atoms with Crippen LogP contribution in [0.25, 0.3) is 0 Å². The van der Waals surface area contributed by atoms with Gasteiger partial charge in [-0.05, 0) is 32.6 Å². The maximum Gasteiger partial charge on any atom is 0.410 e. The highest BCUT2D eigenvalue weighted by Crippen LogP contribution is 2.58. The third-order valence-corrected chi connectivity index (χ3v) is 4.82. The Morgan fingerprint density at radius 1 is 1.38 bits per heavy atom. The average Bonchev–Trinajstić information content (AvgIpc) is 2.82. The maximum absolute atomic E-state index is 12.0. The van der Waals surface area contributed by atoms with Gasteiger partial charge in [0.1, 0.15) is 5.60 Å². The maximum atomic E-state index is 12.0. The number of aromatic carboxylic acids is 1. The summed E-state index contributed by atoms with van der Waals surface area (Å²) in [7, 11) is 0. The predicted molar refractivity (Wildman–Crippen MR) is 76.6 cm³/mol. The van der Waals surface area contributed by atoms with Gasteiger partial charge < -0.3 is 14.7 Å². The van der Waals surface area contributed by atoms with Crippen molar-refractivity contribution in [3.8, 4) is 0 Å². The number of nitrogens with zero attached hydrogens (tertiary/aromatic N) is 2. The largest absolute Gasteiger partial charge is 0.476 e. The van der Waals surface area contributed by atoms with Crippen molar-refractivity contribution in [1.82, 2.24) is 9.88 Å². The van der Waals surface area contributed by atoms with Crippen molar-refractivity contribution < 1.29 is 19.4 Å². The minimum Gasteiger partial charge on any atom is -0.476 e. The lowest BCUT2D eigenvalue weighted by Gasteiger charge is -2.25. The molecule has 1 N–H and O–H groups in total. The van der Waals surface area contributed by atoms with E-state index < -0.39 is 11.6 Å². The van der Waals surface area contributed by atoms with E-state index in [-0.39, 0.29) is 11.8 Å². The first kappa shape index (κ1) is 14.3. The van der Waals surface area contributed by atoms with Crippen molar-refractivity contribution in [2.45, 2.75) is 32.3 Å². The van der Waals surface area contributed by atoms with Crippen molar-refractivity contribution in [3.63, 3.8) is 0 Å². The topological polar surface area (TPSA) is 79.7 Å². The van der Waals surface area contributed by atoms with Gasteiger partial charge in [0.2, 0.25) is 0 Å². The van der Waals surface area contributed by atoms with E-state index in [1.807, 2.05) is 20.8 Å². The Bertz CT molecular complexity index is 580. The summed E-state index contributed by atoms with van der Waals surface area (Å²) in [5.41, 5.74) is -0.362. The number of hydrogen-bond donors (Lipinski definition) is 1. The number of ether oxygens (including phenoxy) is 1. The molecule has 1 aromatic rings. The second-order valence-corrected chi connectivity index (χ2v) is 7.50. The number of aromatic nitrogens is 1. The summed E-state index contributed by atoms with van der Waals surface area (Å²) >= 11 is 1.40. The van der Waals surface area contributed by atoms with E-state index in [1.54, 1.807) is 10.3 Å². The smallest absolute Gasteiger partial charge is 0.410 e. The third kappa shape index (κ3) is 2.74. The summed E-state index contributed by atoms with van der Waals surface area (Å²) in [5, 5.41) is 11.4. The Labute approximate surface area is 126 Å². The van der Waals surface area contributed by atoms with E-state index >= 15 is 0 Å². The first-order chi connectivity index (χ1) is 9.76. The Kier molecular flexibility index (Phi) is 3.20. The Morgan fingerprint density at radius 2 is 2.00 bits per heavy atom. The number of carboxylic acids is 1. The highest BCUT2D eigenvalue weighted by molar-refractivity contribution is 7.10. The van der Waals surface area contributed by atoms with Gasteiger partial charge in [0.25, 0.3) is 0 Å². The van der Waals surface area contributed by atoms with Gasteiger partial charge in [-0.1, -0.05) is 0 Å². The molecule has 1 aliphatic carbocycles. The molecule has 1 aromatic heterocycles. The third-order valence-electron chi connectivity index (χ3n) is 3.87. The number of piperidine rings is 1. The van der Waals surface area contributed by atoms with Gasteiger partial charge in [0.05, 0.1) is 5.01 Å².